The molecule has 2 aromatic rings. The summed E-state index contributed by atoms with van der Waals surface area (Å²) in [5.74, 6) is 1.94. The summed E-state index contributed by atoms with van der Waals surface area (Å²) in [5.41, 5.74) is 11.0. The molecule has 6 atom stereocenters. The fraction of sp³-hybridized carbons (Fsp3) is 0.634. The molecule has 1 unspecified atom stereocenters. The molecule has 7 heteroatoms. The lowest BCUT2D eigenvalue weighted by atomic mass is 9.71. The highest BCUT2D eigenvalue weighted by molar-refractivity contribution is 8.76. The summed E-state index contributed by atoms with van der Waals surface area (Å²) in [5, 5.41) is 31.0. The van der Waals surface area contributed by atoms with E-state index in [1.54, 1.807) is 6.92 Å². The van der Waals surface area contributed by atoms with Crippen molar-refractivity contribution >= 4 is 27.6 Å². The van der Waals surface area contributed by atoms with E-state index in [-0.39, 0.29) is 18.4 Å². The first-order chi connectivity index (χ1) is 23.4. The molecule has 1 heterocycles. The van der Waals surface area contributed by atoms with Crippen molar-refractivity contribution in [2.75, 3.05) is 12.3 Å². The number of aliphatic hydroxyl groups is 2. The Bertz CT molecular complexity index is 1250. The average Bonchev–Trinajstić information content (AvgIpc) is 3.09. The molecule has 5 N–H and O–H groups in total. The number of hydrogen-bond acceptors (Lipinski definition) is 6. The molecule has 2 aliphatic rings. The third kappa shape index (κ3) is 12.5. The van der Waals surface area contributed by atoms with Crippen LogP contribution in [0.3, 0.4) is 0 Å². The van der Waals surface area contributed by atoms with Crippen LogP contribution in [0.15, 0.2) is 60.7 Å². The van der Waals surface area contributed by atoms with Gasteiger partial charge in [-0.25, -0.2) is 0 Å². The van der Waals surface area contributed by atoms with Gasteiger partial charge in [-0.2, -0.15) is 0 Å². The first kappa shape index (κ1) is 39.0. The second-order valence-corrected chi connectivity index (χ2v) is 17.0. The van der Waals surface area contributed by atoms with Crippen LogP contribution in [0.25, 0.3) is 0 Å². The summed E-state index contributed by atoms with van der Waals surface area (Å²) >= 11 is 0. The lowest BCUT2D eigenvalue weighted by Crippen LogP contribution is -2.38. The molecule has 2 aromatic carbocycles. The summed E-state index contributed by atoms with van der Waals surface area (Å²) in [6.45, 7) is 2.20. The summed E-state index contributed by atoms with van der Waals surface area (Å²) in [4.78, 5) is 12.7. The molecule has 1 saturated carbocycles. The van der Waals surface area contributed by atoms with E-state index in [4.69, 9.17) is 5.73 Å². The number of aliphatic carboxylic acids is 1. The van der Waals surface area contributed by atoms with Crippen LogP contribution >= 0.6 is 21.6 Å². The van der Waals surface area contributed by atoms with Gasteiger partial charge < -0.3 is 21.1 Å². The predicted octanol–water partition coefficient (Wildman–Crippen LogP) is 9.23. The SMILES string of the molecule is C[C@H](O)[C@H](C(=O)O)[C@@H]1CCc2ccccc2CSSCC(Cc2cccc(CO)c2)[C@@H](CC=CCCC2CCCCC2)CC[C@@H]1CCN. The molecule has 1 fully saturated rings. The van der Waals surface area contributed by atoms with Gasteiger partial charge in [0.15, 0.2) is 0 Å². The van der Waals surface area contributed by atoms with Gasteiger partial charge in [-0.15, -0.1) is 0 Å². The van der Waals surface area contributed by atoms with Crippen molar-refractivity contribution in [3.63, 3.8) is 0 Å². The molecular formula is C41H61NO4S2. The summed E-state index contributed by atoms with van der Waals surface area (Å²) in [6.07, 6.45) is 19.5. The fourth-order valence-corrected chi connectivity index (χ4v) is 11.0. The highest BCUT2D eigenvalue weighted by atomic mass is 33.1. The highest BCUT2D eigenvalue weighted by Crippen LogP contribution is 2.40. The van der Waals surface area contributed by atoms with E-state index in [1.165, 1.54) is 55.2 Å². The van der Waals surface area contributed by atoms with Crippen LogP contribution in [-0.4, -0.2) is 39.7 Å². The number of fused-ring (bicyclic) bond motifs is 1. The third-order valence-corrected chi connectivity index (χ3v) is 13.6. The van der Waals surface area contributed by atoms with Gasteiger partial charge in [-0.05, 0) is 123 Å². The predicted molar refractivity (Wildman–Crippen MR) is 204 cm³/mol. The van der Waals surface area contributed by atoms with Crippen molar-refractivity contribution in [2.24, 2.45) is 41.2 Å². The minimum Gasteiger partial charge on any atom is -0.481 e. The maximum Gasteiger partial charge on any atom is 0.309 e. The minimum absolute atomic E-state index is 0.0475. The topological polar surface area (TPSA) is 104 Å². The van der Waals surface area contributed by atoms with E-state index in [1.807, 2.05) is 27.7 Å². The molecule has 48 heavy (non-hydrogen) atoms. The molecule has 0 bridgehead atoms. The molecule has 0 amide bonds. The zero-order valence-corrected chi connectivity index (χ0v) is 30.8. The molecule has 1 aliphatic heterocycles. The Morgan fingerprint density at radius 1 is 0.896 bits per heavy atom. The van der Waals surface area contributed by atoms with Crippen molar-refractivity contribution < 1.29 is 20.1 Å². The molecule has 4 rings (SSSR count). The standard InChI is InChI=1S/C41H61NO4S2/c1-30(44)40(41(45)46)39-22-21-34-17-8-9-18-37(34)28-47-48-29-38(26-32-14-10-15-33(25-32)27-43)35(19-20-36(39)23-24-42)16-7-3-6-13-31-11-4-2-5-12-31/h3,7-10,14-15,17-18,25,30-31,35-36,38-40,43-44H,2,4-6,11-13,16,19-24,26-29,42H2,1H3,(H,45,46)/t30-,35-,36+,38?,39+,40-/m0/s1. The van der Waals surface area contributed by atoms with Crippen molar-refractivity contribution in [3.05, 3.63) is 82.9 Å². The van der Waals surface area contributed by atoms with E-state index in [2.05, 4.69) is 54.6 Å². The number of aryl methyl sites for hydroxylation is 1. The number of carboxylic acid groups (broad SMARTS) is 1. The van der Waals surface area contributed by atoms with Crippen molar-refractivity contribution in [1.29, 1.82) is 0 Å². The summed E-state index contributed by atoms with van der Waals surface area (Å²) in [7, 11) is 3.91. The quantitative estimate of drug-likeness (QED) is 0.122. The maximum atomic E-state index is 12.7. The Morgan fingerprint density at radius 2 is 1.65 bits per heavy atom. The van der Waals surface area contributed by atoms with Crippen LogP contribution in [0.4, 0.5) is 0 Å². The van der Waals surface area contributed by atoms with Gasteiger partial charge in [0.25, 0.3) is 0 Å². The molecular weight excluding hydrogens is 635 g/mol. The van der Waals surface area contributed by atoms with E-state index in [9.17, 15) is 20.1 Å². The number of nitrogens with two attached hydrogens (primary N) is 1. The van der Waals surface area contributed by atoms with Gasteiger partial charge in [-0.1, -0.05) is 114 Å². The van der Waals surface area contributed by atoms with E-state index < -0.39 is 18.0 Å². The first-order valence-corrected chi connectivity index (χ1v) is 21.1. The third-order valence-electron chi connectivity index (χ3n) is 11.2. The number of benzene rings is 2. The smallest absolute Gasteiger partial charge is 0.309 e. The molecule has 0 saturated heterocycles. The van der Waals surface area contributed by atoms with Gasteiger partial charge >= 0.3 is 5.97 Å². The van der Waals surface area contributed by atoms with Gasteiger partial charge in [-0.3, -0.25) is 4.79 Å². The molecule has 0 spiro atoms. The number of rotatable bonds is 13. The largest absolute Gasteiger partial charge is 0.481 e. The van der Waals surface area contributed by atoms with Crippen LogP contribution in [0.2, 0.25) is 0 Å². The molecule has 1 aliphatic carbocycles. The minimum atomic E-state index is -0.927. The first-order valence-electron chi connectivity index (χ1n) is 18.6. The summed E-state index contributed by atoms with van der Waals surface area (Å²) in [6, 6.07) is 17.0. The number of allylic oxidation sites excluding steroid dienone is 2. The normalized spacial score (nSPS) is 24.8. The lowest BCUT2D eigenvalue weighted by molar-refractivity contribution is -0.149. The van der Waals surface area contributed by atoms with Crippen LogP contribution in [0, 0.1) is 35.5 Å². The number of aliphatic hydroxyl groups excluding tert-OH is 2. The Hall–Kier alpha value is -1.77. The lowest BCUT2D eigenvalue weighted by Gasteiger charge is -2.35. The van der Waals surface area contributed by atoms with Gasteiger partial charge in [0, 0.05) is 11.5 Å². The number of carboxylic acids is 1. The molecule has 266 valence electrons. The van der Waals surface area contributed by atoms with Gasteiger partial charge in [0.1, 0.15) is 0 Å². The second kappa shape index (κ2) is 21.4. The van der Waals surface area contributed by atoms with Gasteiger partial charge in [0.2, 0.25) is 0 Å². The van der Waals surface area contributed by atoms with Crippen molar-refractivity contribution in [1.82, 2.24) is 0 Å². The average molecular weight is 696 g/mol. The zero-order chi connectivity index (χ0) is 34.1. The Kier molecular flexibility index (Phi) is 17.4. The summed E-state index contributed by atoms with van der Waals surface area (Å²) < 4.78 is 0. The van der Waals surface area contributed by atoms with Crippen LogP contribution in [0.5, 0.6) is 0 Å². The molecule has 0 aromatic heterocycles. The van der Waals surface area contributed by atoms with E-state index in [0.29, 0.717) is 18.4 Å². The fourth-order valence-electron chi connectivity index (χ4n) is 8.44. The van der Waals surface area contributed by atoms with E-state index in [0.717, 1.165) is 74.4 Å². The number of hydrogen-bond donors (Lipinski definition) is 4. The van der Waals surface area contributed by atoms with Crippen molar-refractivity contribution in [3.8, 4) is 0 Å². The molecule has 5 nitrogen and oxygen atoms in total. The number of carbonyl (C=O) groups is 1. The Balaban J connectivity index is 1.63. The second-order valence-electron chi connectivity index (χ2n) is 14.5. The maximum absolute atomic E-state index is 12.7. The Labute approximate surface area is 298 Å². The van der Waals surface area contributed by atoms with Gasteiger partial charge in [0.05, 0.1) is 18.6 Å². The van der Waals surface area contributed by atoms with Crippen LogP contribution < -0.4 is 5.73 Å². The Morgan fingerprint density at radius 3 is 2.38 bits per heavy atom. The highest BCUT2D eigenvalue weighted by Gasteiger charge is 2.37. The van der Waals surface area contributed by atoms with Crippen LogP contribution in [-0.2, 0) is 30.0 Å². The zero-order valence-electron chi connectivity index (χ0n) is 29.2. The molecule has 0 radical (unpaired) electrons. The van der Waals surface area contributed by atoms with E-state index >= 15 is 0 Å². The van der Waals surface area contributed by atoms with Crippen molar-refractivity contribution in [2.45, 2.75) is 115 Å². The monoisotopic (exact) mass is 695 g/mol. The van der Waals surface area contributed by atoms with Crippen LogP contribution in [0.1, 0.15) is 106 Å².